The second-order valence-corrected chi connectivity index (χ2v) is 4.63. The normalized spacial score (nSPS) is 10.3. The molecule has 2 N–H and O–H groups in total. The van der Waals surface area contributed by atoms with Gasteiger partial charge in [-0.05, 0) is 30.6 Å². The third kappa shape index (κ3) is 2.64. The van der Waals surface area contributed by atoms with Gasteiger partial charge in [-0.15, -0.1) is 0 Å². The number of aromatic nitrogens is 1. The SMILES string of the molecule is Cc1nsc(NC(=O)c2ccc(F)cc2F)c1C(=O)O. The van der Waals surface area contributed by atoms with Crippen molar-refractivity contribution in [3.63, 3.8) is 0 Å². The molecule has 2 rings (SSSR count). The van der Waals surface area contributed by atoms with E-state index < -0.39 is 23.5 Å². The summed E-state index contributed by atoms with van der Waals surface area (Å²) in [7, 11) is 0. The number of amides is 1. The number of halogens is 2. The van der Waals surface area contributed by atoms with Crippen LogP contribution in [0, 0.1) is 18.6 Å². The number of carboxylic acid groups (broad SMARTS) is 1. The zero-order valence-electron chi connectivity index (χ0n) is 10.1. The van der Waals surface area contributed by atoms with Crippen molar-refractivity contribution >= 4 is 28.4 Å². The van der Waals surface area contributed by atoms with Crippen LogP contribution in [0.15, 0.2) is 18.2 Å². The van der Waals surface area contributed by atoms with Gasteiger partial charge < -0.3 is 10.4 Å². The van der Waals surface area contributed by atoms with Crippen LogP contribution in [0.4, 0.5) is 13.8 Å². The highest BCUT2D eigenvalue weighted by Gasteiger charge is 2.21. The molecule has 1 amide bonds. The number of hydrogen-bond donors (Lipinski definition) is 2. The number of benzene rings is 1. The van der Waals surface area contributed by atoms with Crippen LogP contribution in [0.2, 0.25) is 0 Å². The Balaban J connectivity index is 2.31. The van der Waals surface area contributed by atoms with Gasteiger partial charge in [0.25, 0.3) is 5.91 Å². The number of carbonyl (C=O) groups excluding carboxylic acids is 1. The van der Waals surface area contributed by atoms with Crippen molar-refractivity contribution in [3.8, 4) is 0 Å². The molecule has 104 valence electrons. The van der Waals surface area contributed by atoms with Crippen LogP contribution >= 0.6 is 11.5 Å². The van der Waals surface area contributed by atoms with Gasteiger partial charge in [0.05, 0.1) is 11.3 Å². The second-order valence-electron chi connectivity index (χ2n) is 3.86. The lowest BCUT2D eigenvalue weighted by Crippen LogP contribution is -2.15. The molecule has 0 unspecified atom stereocenters. The van der Waals surface area contributed by atoms with Crippen molar-refractivity contribution in [1.29, 1.82) is 0 Å². The van der Waals surface area contributed by atoms with E-state index in [1.807, 2.05) is 0 Å². The topological polar surface area (TPSA) is 79.3 Å². The third-order valence-corrected chi connectivity index (χ3v) is 3.33. The highest BCUT2D eigenvalue weighted by Crippen LogP contribution is 2.25. The minimum atomic E-state index is -1.24. The van der Waals surface area contributed by atoms with Crippen LogP contribution < -0.4 is 5.32 Å². The molecule has 0 aliphatic carbocycles. The Bertz CT molecular complexity index is 700. The van der Waals surface area contributed by atoms with Gasteiger partial charge in [-0.25, -0.2) is 13.6 Å². The summed E-state index contributed by atoms with van der Waals surface area (Å²) in [6.45, 7) is 1.48. The van der Waals surface area contributed by atoms with Gasteiger partial charge in [0.15, 0.2) is 0 Å². The molecule has 0 bridgehead atoms. The standard InChI is InChI=1S/C12H8F2N2O3S/c1-5-9(12(18)19)11(20-16-5)15-10(17)7-3-2-6(13)4-8(7)14/h2-4H,1H3,(H,15,17)(H,18,19). The molecule has 5 nitrogen and oxygen atoms in total. The summed E-state index contributed by atoms with van der Waals surface area (Å²) in [5, 5.41) is 11.3. The Morgan fingerprint density at radius 1 is 1.35 bits per heavy atom. The van der Waals surface area contributed by atoms with E-state index in [9.17, 15) is 18.4 Å². The number of anilines is 1. The van der Waals surface area contributed by atoms with Gasteiger partial charge in [0.2, 0.25) is 0 Å². The van der Waals surface area contributed by atoms with E-state index in [2.05, 4.69) is 9.69 Å². The Morgan fingerprint density at radius 2 is 2.05 bits per heavy atom. The van der Waals surface area contributed by atoms with Gasteiger partial charge in [-0.1, -0.05) is 0 Å². The monoisotopic (exact) mass is 298 g/mol. The fraction of sp³-hybridized carbons (Fsp3) is 0.0833. The van der Waals surface area contributed by atoms with Crippen LogP contribution in [0.3, 0.4) is 0 Å². The molecule has 1 aromatic carbocycles. The van der Waals surface area contributed by atoms with E-state index in [0.717, 1.165) is 23.7 Å². The first kappa shape index (κ1) is 14.1. The molecule has 0 saturated heterocycles. The van der Waals surface area contributed by atoms with E-state index >= 15 is 0 Å². The van der Waals surface area contributed by atoms with E-state index in [0.29, 0.717) is 6.07 Å². The van der Waals surface area contributed by atoms with Crippen molar-refractivity contribution in [3.05, 3.63) is 46.7 Å². The van der Waals surface area contributed by atoms with Crippen LogP contribution in [-0.2, 0) is 0 Å². The van der Waals surface area contributed by atoms with Crippen LogP contribution in [0.5, 0.6) is 0 Å². The maximum absolute atomic E-state index is 13.4. The number of aromatic carboxylic acids is 1. The van der Waals surface area contributed by atoms with Crippen molar-refractivity contribution in [2.75, 3.05) is 5.32 Å². The Labute approximate surface area is 116 Å². The molecule has 0 saturated carbocycles. The Kier molecular flexibility index (Phi) is 3.75. The molecule has 8 heteroatoms. The van der Waals surface area contributed by atoms with Gasteiger partial charge >= 0.3 is 5.97 Å². The van der Waals surface area contributed by atoms with Gasteiger partial charge in [0, 0.05) is 6.07 Å². The summed E-state index contributed by atoms with van der Waals surface area (Å²) in [5.74, 6) is -3.95. The minimum absolute atomic E-state index is 0.00345. The molecule has 0 atom stereocenters. The average molecular weight is 298 g/mol. The smallest absolute Gasteiger partial charge is 0.340 e. The molecule has 0 fully saturated rings. The first-order valence-corrected chi connectivity index (χ1v) is 6.13. The number of carboxylic acids is 1. The zero-order chi connectivity index (χ0) is 14.9. The molecule has 1 aromatic heterocycles. The van der Waals surface area contributed by atoms with E-state index in [1.54, 1.807) is 0 Å². The fourth-order valence-corrected chi connectivity index (χ4v) is 2.34. The van der Waals surface area contributed by atoms with Gasteiger partial charge in [0.1, 0.15) is 22.2 Å². The summed E-state index contributed by atoms with van der Waals surface area (Å²) in [5.41, 5.74) is -0.281. The number of aryl methyl sites for hydroxylation is 1. The number of hydrogen-bond acceptors (Lipinski definition) is 4. The Hall–Kier alpha value is -2.35. The largest absolute Gasteiger partial charge is 0.478 e. The third-order valence-electron chi connectivity index (χ3n) is 2.48. The van der Waals surface area contributed by atoms with Crippen LogP contribution in [-0.4, -0.2) is 21.4 Å². The number of carbonyl (C=O) groups is 2. The fourth-order valence-electron chi connectivity index (χ4n) is 1.55. The van der Waals surface area contributed by atoms with Crippen molar-refractivity contribution in [2.24, 2.45) is 0 Å². The van der Waals surface area contributed by atoms with E-state index in [-0.39, 0.29) is 21.8 Å². The summed E-state index contributed by atoms with van der Waals surface area (Å²) in [6.07, 6.45) is 0. The van der Waals surface area contributed by atoms with Crippen LogP contribution in [0.1, 0.15) is 26.4 Å². The molecule has 0 spiro atoms. The maximum Gasteiger partial charge on any atom is 0.340 e. The predicted molar refractivity (Wildman–Crippen MR) is 68.1 cm³/mol. The number of nitrogens with one attached hydrogen (secondary N) is 1. The summed E-state index contributed by atoms with van der Waals surface area (Å²) >= 11 is 0.777. The molecule has 0 aliphatic heterocycles. The van der Waals surface area contributed by atoms with E-state index in [1.165, 1.54) is 6.92 Å². The number of nitrogens with zero attached hydrogens (tertiary/aromatic N) is 1. The summed E-state index contributed by atoms with van der Waals surface area (Å²) in [6, 6.07) is 2.49. The number of rotatable bonds is 3. The lowest BCUT2D eigenvalue weighted by atomic mass is 10.2. The van der Waals surface area contributed by atoms with Gasteiger partial charge in [-0.3, -0.25) is 4.79 Å². The first-order chi connectivity index (χ1) is 9.40. The summed E-state index contributed by atoms with van der Waals surface area (Å²) < 4.78 is 30.0. The van der Waals surface area contributed by atoms with Crippen molar-refractivity contribution in [2.45, 2.75) is 6.92 Å². The van der Waals surface area contributed by atoms with Gasteiger partial charge in [-0.2, -0.15) is 4.37 Å². The highest BCUT2D eigenvalue weighted by atomic mass is 32.1. The molecule has 20 heavy (non-hydrogen) atoms. The van der Waals surface area contributed by atoms with Crippen LogP contribution in [0.25, 0.3) is 0 Å². The summed E-state index contributed by atoms with van der Waals surface area (Å²) in [4.78, 5) is 22.9. The van der Waals surface area contributed by atoms with E-state index in [4.69, 9.17) is 5.11 Å². The molecule has 0 radical (unpaired) electrons. The second kappa shape index (κ2) is 5.33. The highest BCUT2D eigenvalue weighted by molar-refractivity contribution is 7.11. The molecular weight excluding hydrogens is 290 g/mol. The quantitative estimate of drug-likeness (QED) is 0.913. The first-order valence-electron chi connectivity index (χ1n) is 5.36. The minimum Gasteiger partial charge on any atom is -0.478 e. The van der Waals surface area contributed by atoms with Crippen molar-refractivity contribution < 1.29 is 23.5 Å². The maximum atomic E-state index is 13.4. The lowest BCUT2D eigenvalue weighted by Gasteiger charge is -2.05. The molecule has 0 aliphatic rings. The zero-order valence-corrected chi connectivity index (χ0v) is 10.9. The lowest BCUT2D eigenvalue weighted by molar-refractivity contribution is 0.0697. The molecule has 1 heterocycles. The Morgan fingerprint density at radius 3 is 2.65 bits per heavy atom. The molecular formula is C12H8F2N2O3S. The van der Waals surface area contributed by atoms with Crippen molar-refractivity contribution in [1.82, 2.24) is 4.37 Å². The average Bonchev–Trinajstić information content (AvgIpc) is 2.70. The predicted octanol–water partition coefficient (Wildman–Crippen LogP) is 2.68. The molecule has 2 aromatic rings.